The molecule has 0 aromatic carbocycles. The molecule has 0 aliphatic carbocycles. The Labute approximate surface area is 56.9 Å². The zero-order chi connectivity index (χ0) is 7.11. The van der Waals surface area contributed by atoms with E-state index in [9.17, 15) is 0 Å². The van der Waals surface area contributed by atoms with E-state index >= 15 is 0 Å². The molecule has 0 spiro atoms. The number of hydrogen-bond acceptors (Lipinski definition) is 2. The Kier molecular flexibility index (Phi) is 5.57. The number of nitrogens with one attached hydrogen (secondary N) is 1. The van der Waals surface area contributed by atoms with Crippen molar-refractivity contribution in [1.29, 1.82) is 0 Å². The van der Waals surface area contributed by atoms with Gasteiger partial charge in [-0.2, -0.15) is 0 Å². The summed E-state index contributed by atoms with van der Waals surface area (Å²) < 4.78 is 5.15. The fraction of sp³-hybridized carbons (Fsp3) is 0.714. The van der Waals surface area contributed by atoms with E-state index in [1.165, 1.54) is 0 Å². The van der Waals surface area contributed by atoms with Gasteiger partial charge in [-0.25, -0.2) is 0 Å². The largest absolute Gasteiger partial charge is 0.376 e. The third-order valence-corrected chi connectivity index (χ3v) is 1.10. The molecule has 0 aliphatic heterocycles. The van der Waals surface area contributed by atoms with E-state index in [4.69, 9.17) is 4.74 Å². The third-order valence-electron chi connectivity index (χ3n) is 1.10. The standard InChI is InChI=1S/C7H15NO/c1-4-5-9-6-7(2)8-3/h4,7-8H,1,5-6H2,2-3H3. The van der Waals surface area contributed by atoms with E-state index < -0.39 is 0 Å². The fourth-order valence-corrected chi connectivity index (χ4v) is 0.411. The molecule has 0 fully saturated rings. The molecule has 2 nitrogen and oxygen atoms in total. The number of likely N-dealkylation sites (N-methyl/N-ethyl adjacent to an activating group) is 1. The van der Waals surface area contributed by atoms with Crippen LogP contribution in [0, 0.1) is 0 Å². The number of rotatable bonds is 5. The van der Waals surface area contributed by atoms with Crippen molar-refractivity contribution in [3.8, 4) is 0 Å². The monoisotopic (exact) mass is 129 g/mol. The van der Waals surface area contributed by atoms with Crippen LogP contribution in [0.4, 0.5) is 0 Å². The van der Waals surface area contributed by atoms with Gasteiger partial charge in [0.2, 0.25) is 0 Å². The first-order valence-electron chi connectivity index (χ1n) is 3.17. The van der Waals surface area contributed by atoms with Gasteiger partial charge < -0.3 is 10.1 Å². The Morgan fingerprint density at radius 3 is 2.89 bits per heavy atom. The summed E-state index contributed by atoms with van der Waals surface area (Å²) in [6.45, 7) is 7.01. The predicted molar refractivity (Wildman–Crippen MR) is 39.5 cm³/mol. The average molecular weight is 129 g/mol. The SMILES string of the molecule is C=CCOCC(C)NC. The zero-order valence-electron chi connectivity index (χ0n) is 6.18. The predicted octanol–water partition coefficient (Wildman–Crippen LogP) is 0.797. The molecule has 1 N–H and O–H groups in total. The van der Waals surface area contributed by atoms with Crippen LogP contribution in [0.15, 0.2) is 12.7 Å². The molecule has 0 amide bonds. The van der Waals surface area contributed by atoms with Crippen molar-refractivity contribution >= 4 is 0 Å². The molecule has 0 rings (SSSR count). The van der Waals surface area contributed by atoms with Crippen LogP contribution in [0.3, 0.4) is 0 Å². The second-order valence-electron chi connectivity index (χ2n) is 2.02. The first kappa shape index (κ1) is 8.66. The van der Waals surface area contributed by atoms with Gasteiger partial charge in [-0.1, -0.05) is 6.08 Å². The van der Waals surface area contributed by atoms with Crippen LogP contribution in [0.25, 0.3) is 0 Å². The molecule has 1 unspecified atom stereocenters. The summed E-state index contributed by atoms with van der Waals surface area (Å²) in [5.41, 5.74) is 0. The van der Waals surface area contributed by atoms with E-state index in [-0.39, 0.29) is 0 Å². The van der Waals surface area contributed by atoms with Crippen LogP contribution in [0.5, 0.6) is 0 Å². The van der Waals surface area contributed by atoms with Crippen LogP contribution in [-0.4, -0.2) is 26.3 Å². The lowest BCUT2D eigenvalue weighted by molar-refractivity contribution is 0.143. The van der Waals surface area contributed by atoms with Gasteiger partial charge in [0.25, 0.3) is 0 Å². The number of ether oxygens (including phenoxy) is 1. The summed E-state index contributed by atoms with van der Waals surface area (Å²) in [6.07, 6.45) is 1.75. The molecule has 54 valence electrons. The van der Waals surface area contributed by atoms with Gasteiger partial charge >= 0.3 is 0 Å². The van der Waals surface area contributed by atoms with Crippen molar-refractivity contribution in [2.75, 3.05) is 20.3 Å². The molecule has 9 heavy (non-hydrogen) atoms. The molecule has 0 saturated carbocycles. The molecule has 1 atom stereocenters. The van der Waals surface area contributed by atoms with Crippen LogP contribution in [0.2, 0.25) is 0 Å². The van der Waals surface area contributed by atoms with Crippen molar-refractivity contribution in [2.24, 2.45) is 0 Å². The molecule has 0 radical (unpaired) electrons. The Morgan fingerprint density at radius 1 is 1.78 bits per heavy atom. The van der Waals surface area contributed by atoms with Crippen LogP contribution in [-0.2, 0) is 4.74 Å². The minimum Gasteiger partial charge on any atom is -0.376 e. The maximum absolute atomic E-state index is 5.15. The van der Waals surface area contributed by atoms with Crippen molar-refractivity contribution in [1.82, 2.24) is 5.32 Å². The lowest BCUT2D eigenvalue weighted by Crippen LogP contribution is -2.26. The van der Waals surface area contributed by atoms with Crippen LogP contribution >= 0.6 is 0 Å². The van der Waals surface area contributed by atoms with Gasteiger partial charge in [0, 0.05) is 6.04 Å². The van der Waals surface area contributed by atoms with Gasteiger partial charge in [0.15, 0.2) is 0 Å². The Morgan fingerprint density at radius 2 is 2.44 bits per heavy atom. The Hall–Kier alpha value is -0.340. The molecule has 0 saturated heterocycles. The van der Waals surface area contributed by atoms with Crippen molar-refractivity contribution in [3.63, 3.8) is 0 Å². The summed E-state index contributed by atoms with van der Waals surface area (Å²) >= 11 is 0. The average Bonchev–Trinajstić information content (AvgIpc) is 1.89. The maximum Gasteiger partial charge on any atom is 0.0645 e. The summed E-state index contributed by atoms with van der Waals surface area (Å²) in [4.78, 5) is 0. The molecule has 0 aromatic rings. The van der Waals surface area contributed by atoms with E-state index in [1.807, 2.05) is 7.05 Å². The highest BCUT2D eigenvalue weighted by atomic mass is 16.5. The zero-order valence-corrected chi connectivity index (χ0v) is 6.18. The molecule has 0 heterocycles. The van der Waals surface area contributed by atoms with E-state index in [1.54, 1.807) is 6.08 Å². The molecule has 0 aliphatic rings. The van der Waals surface area contributed by atoms with Crippen molar-refractivity contribution in [2.45, 2.75) is 13.0 Å². The molecular weight excluding hydrogens is 114 g/mol. The highest BCUT2D eigenvalue weighted by Gasteiger charge is 1.94. The van der Waals surface area contributed by atoms with Gasteiger partial charge in [-0.15, -0.1) is 6.58 Å². The quantitative estimate of drug-likeness (QED) is 0.438. The normalized spacial score (nSPS) is 13.1. The highest BCUT2D eigenvalue weighted by molar-refractivity contribution is 4.65. The van der Waals surface area contributed by atoms with Crippen LogP contribution < -0.4 is 5.32 Å². The topological polar surface area (TPSA) is 21.3 Å². The summed E-state index contributed by atoms with van der Waals surface area (Å²) in [6, 6.07) is 0.435. The molecule has 0 aromatic heterocycles. The lowest BCUT2D eigenvalue weighted by atomic mass is 10.4. The van der Waals surface area contributed by atoms with Crippen molar-refractivity contribution < 1.29 is 4.74 Å². The van der Waals surface area contributed by atoms with Gasteiger partial charge in [0.05, 0.1) is 13.2 Å². The fourth-order valence-electron chi connectivity index (χ4n) is 0.411. The second kappa shape index (κ2) is 5.79. The Balaban J connectivity index is 2.96. The lowest BCUT2D eigenvalue weighted by Gasteiger charge is -2.08. The van der Waals surface area contributed by atoms with Gasteiger partial charge in [-0.05, 0) is 14.0 Å². The summed E-state index contributed by atoms with van der Waals surface area (Å²) in [7, 11) is 1.92. The molecule has 2 heteroatoms. The van der Waals surface area contributed by atoms with E-state index in [2.05, 4.69) is 18.8 Å². The van der Waals surface area contributed by atoms with E-state index in [0.717, 1.165) is 6.61 Å². The smallest absolute Gasteiger partial charge is 0.0645 e. The molecule has 0 bridgehead atoms. The highest BCUT2D eigenvalue weighted by Crippen LogP contribution is 1.81. The second-order valence-corrected chi connectivity index (χ2v) is 2.02. The first-order valence-corrected chi connectivity index (χ1v) is 3.17. The van der Waals surface area contributed by atoms with E-state index in [0.29, 0.717) is 12.6 Å². The number of hydrogen-bond donors (Lipinski definition) is 1. The summed E-state index contributed by atoms with van der Waals surface area (Å²) in [5, 5.41) is 3.06. The maximum atomic E-state index is 5.15. The van der Waals surface area contributed by atoms with Gasteiger partial charge in [-0.3, -0.25) is 0 Å². The van der Waals surface area contributed by atoms with Crippen LogP contribution in [0.1, 0.15) is 6.92 Å². The minimum absolute atomic E-state index is 0.435. The minimum atomic E-state index is 0.435. The first-order chi connectivity index (χ1) is 4.31. The Bertz CT molecular complexity index is 73.3. The summed E-state index contributed by atoms with van der Waals surface area (Å²) in [5.74, 6) is 0. The van der Waals surface area contributed by atoms with Gasteiger partial charge in [0.1, 0.15) is 0 Å². The van der Waals surface area contributed by atoms with Crippen molar-refractivity contribution in [3.05, 3.63) is 12.7 Å². The third kappa shape index (κ3) is 5.53. The molecular formula is C7H15NO.